The number of aromatic hydroxyl groups is 1. The average molecular weight is 281 g/mol. The van der Waals surface area contributed by atoms with E-state index in [1.807, 2.05) is 19.1 Å². The van der Waals surface area contributed by atoms with Crippen molar-refractivity contribution in [3.8, 4) is 11.5 Å². The van der Waals surface area contributed by atoms with Crippen LogP contribution in [0, 0.1) is 0 Å². The largest absolute Gasteiger partial charge is 0.504 e. The second-order valence-corrected chi connectivity index (χ2v) is 4.58. The van der Waals surface area contributed by atoms with Crippen molar-refractivity contribution in [2.24, 2.45) is 0 Å². The molecule has 0 saturated heterocycles. The van der Waals surface area contributed by atoms with Crippen LogP contribution in [-0.4, -0.2) is 29.3 Å². The van der Waals surface area contributed by atoms with E-state index < -0.39 is 5.97 Å². The van der Waals surface area contributed by atoms with Gasteiger partial charge in [-0.1, -0.05) is 18.6 Å². The molecule has 0 aliphatic rings. The Balaban J connectivity index is 2.25. The van der Waals surface area contributed by atoms with E-state index in [1.165, 1.54) is 0 Å². The molecule has 0 saturated carbocycles. The fourth-order valence-electron chi connectivity index (χ4n) is 1.91. The van der Waals surface area contributed by atoms with Crippen molar-refractivity contribution in [2.75, 3.05) is 13.2 Å². The van der Waals surface area contributed by atoms with Crippen LogP contribution in [0.2, 0.25) is 0 Å². The molecule has 0 unspecified atom stereocenters. The lowest BCUT2D eigenvalue weighted by Crippen LogP contribution is -2.15. The number of ether oxygens (including phenoxy) is 1. The molecule has 0 heterocycles. The minimum absolute atomic E-state index is 0.188. The number of para-hydroxylation sites is 1. The maximum Gasteiger partial charge on any atom is 0.303 e. The first-order valence-corrected chi connectivity index (χ1v) is 7.01. The molecule has 0 fully saturated rings. The first kappa shape index (κ1) is 16.3. The molecule has 112 valence electrons. The summed E-state index contributed by atoms with van der Waals surface area (Å²) in [6.07, 6.45) is 2.77. The minimum Gasteiger partial charge on any atom is -0.504 e. The van der Waals surface area contributed by atoms with Crippen molar-refractivity contribution in [1.29, 1.82) is 0 Å². The van der Waals surface area contributed by atoms with Crippen molar-refractivity contribution in [1.82, 2.24) is 5.32 Å². The van der Waals surface area contributed by atoms with E-state index in [4.69, 9.17) is 9.84 Å². The van der Waals surface area contributed by atoms with Gasteiger partial charge in [0.05, 0.1) is 6.61 Å². The van der Waals surface area contributed by atoms with Gasteiger partial charge in [-0.05, 0) is 32.4 Å². The highest BCUT2D eigenvalue weighted by molar-refractivity contribution is 5.66. The molecule has 0 aromatic heterocycles. The molecule has 3 N–H and O–H groups in total. The van der Waals surface area contributed by atoms with Crippen molar-refractivity contribution < 1.29 is 19.7 Å². The van der Waals surface area contributed by atoms with Crippen LogP contribution in [0.3, 0.4) is 0 Å². The summed E-state index contributed by atoms with van der Waals surface area (Å²) in [7, 11) is 0. The van der Waals surface area contributed by atoms with Gasteiger partial charge in [0.1, 0.15) is 0 Å². The maximum atomic E-state index is 10.3. The van der Waals surface area contributed by atoms with Crippen LogP contribution >= 0.6 is 0 Å². The molecule has 0 amide bonds. The molecule has 0 aliphatic carbocycles. The highest BCUT2D eigenvalue weighted by Crippen LogP contribution is 2.29. The zero-order chi connectivity index (χ0) is 14.8. The van der Waals surface area contributed by atoms with E-state index in [0.29, 0.717) is 25.3 Å². The van der Waals surface area contributed by atoms with Crippen LogP contribution in [0.15, 0.2) is 18.2 Å². The molecule has 0 bridgehead atoms. The second-order valence-electron chi connectivity index (χ2n) is 4.58. The molecule has 0 aliphatic heterocycles. The summed E-state index contributed by atoms with van der Waals surface area (Å²) in [6, 6.07) is 5.46. The number of unbranched alkanes of at least 4 members (excludes halogenated alkanes) is 2. The number of nitrogens with one attached hydrogen (secondary N) is 1. The summed E-state index contributed by atoms with van der Waals surface area (Å²) in [5, 5.41) is 21.7. The van der Waals surface area contributed by atoms with Gasteiger partial charge in [0.15, 0.2) is 11.5 Å². The van der Waals surface area contributed by atoms with E-state index in [1.54, 1.807) is 6.07 Å². The van der Waals surface area contributed by atoms with Crippen molar-refractivity contribution in [2.45, 2.75) is 39.2 Å². The third kappa shape index (κ3) is 5.93. The van der Waals surface area contributed by atoms with E-state index >= 15 is 0 Å². The number of aliphatic carboxylic acids is 1. The van der Waals surface area contributed by atoms with Gasteiger partial charge in [0.2, 0.25) is 0 Å². The molecule has 1 aromatic rings. The molecule has 1 aromatic carbocycles. The summed E-state index contributed by atoms with van der Waals surface area (Å²) in [5.74, 6) is -0.0448. The fourth-order valence-corrected chi connectivity index (χ4v) is 1.91. The van der Waals surface area contributed by atoms with Gasteiger partial charge < -0.3 is 20.3 Å². The predicted molar refractivity (Wildman–Crippen MR) is 77.1 cm³/mol. The Morgan fingerprint density at radius 1 is 1.30 bits per heavy atom. The second kappa shape index (κ2) is 9.20. The van der Waals surface area contributed by atoms with Crippen molar-refractivity contribution in [3.63, 3.8) is 0 Å². The normalized spacial score (nSPS) is 10.4. The van der Waals surface area contributed by atoms with E-state index in [2.05, 4.69) is 5.32 Å². The predicted octanol–water partition coefficient (Wildman–Crippen LogP) is 2.53. The number of benzene rings is 1. The van der Waals surface area contributed by atoms with E-state index in [9.17, 15) is 9.90 Å². The zero-order valence-corrected chi connectivity index (χ0v) is 11.9. The number of phenolic OH excluding ortho intramolecular Hbond substituents is 1. The lowest BCUT2D eigenvalue weighted by atomic mass is 10.1. The molecule has 1 rings (SSSR count). The van der Waals surface area contributed by atoms with Gasteiger partial charge in [-0.2, -0.15) is 0 Å². The Morgan fingerprint density at radius 3 is 2.80 bits per heavy atom. The molecular formula is C15H23NO4. The van der Waals surface area contributed by atoms with Gasteiger partial charge >= 0.3 is 5.97 Å². The first-order valence-electron chi connectivity index (χ1n) is 7.01. The Kier molecular flexibility index (Phi) is 7.50. The van der Waals surface area contributed by atoms with Crippen LogP contribution in [-0.2, 0) is 11.3 Å². The third-order valence-electron chi connectivity index (χ3n) is 2.94. The Labute approximate surface area is 119 Å². The number of phenols is 1. The fraction of sp³-hybridized carbons (Fsp3) is 0.533. The smallest absolute Gasteiger partial charge is 0.303 e. The molecule has 0 atom stereocenters. The summed E-state index contributed by atoms with van der Waals surface area (Å²) in [6.45, 7) is 3.78. The number of carboxylic acid groups (broad SMARTS) is 1. The number of hydrogen-bond acceptors (Lipinski definition) is 4. The van der Waals surface area contributed by atoms with Crippen molar-refractivity contribution >= 4 is 5.97 Å². The summed E-state index contributed by atoms with van der Waals surface area (Å²) in [4.78, 5) is 10.3. The number of rotatable bonds is 10. The highest BCUT2D eigenvalue weighted by Gasteiger charge is 2.06. The molecule has 20 heavy (non-hydrogen) atoms. The molecular weight excluding hydrogens is 258 g/mol. The standard InChI is InChI=1S/C15H23NO4/c1-2-20-13-8-6-7-12(15(13)19)11-16-10-5-3-4-9-14(17)18/h6-8,16,19H,2-5,9-11H2,1H3,(H,17,18). The van der Waals surface area contributed by atoms with E-state index in [0.717, 1.165) is 24.9 Å². The van der Waals surface area contributed by atoms with Crippen LogP contribution in [0.1, 0.15) is 38.2 Å². The zero-order valence-electron chi connectivity index (χ0n) is 11.9. The van der Waals surface area contributed by atoms with Gasteiger partial charge in [-0.25, -0.2) is 0 Å². The average Bonchev–Trinajstić information content (AvgIpc) is 2.41. The molecule has 5 nitrogen and oxygen atoms in total. The van der Waals surface area contributed by atoms with Gasteiger partial charge in [-0.15, -0.1) is 0 Å². The van der Waals surface area contributed by atoms with Gasteiger partial charge in [0, 0.05) is 18.5 Å². The Morgan fingerprint density at radius 2 is 2.10 bits per heavy atom. The van der Waals surface area contributed by atoms with Crippen LogP contribution in [0.25, 0.3) is 0 Å². The Bertz CT molecular complexity index is 420. The first-order chi connectivity index (χ1) is 9.65. The Hall–Kier alpha value is -1.75. The van der Waals surface area contributed by atoms with E-state index in [-0.39, 0.29) is 12.2 Å². The number of carbonyl (C=O) groups is 1. The molecule has 0 radical (unpaired) electrons. The van der Waals surface area contributed by atoms with Crippen molar-refractivity contribution in [3.05, 3.63) is 23.8 Å². The maximum absolute atomic E-state index is 10.3. The van der Waals surface area contributed by atoms with Crippen LogP contribution < -0.4 is 10.1 Å². The number of carboxylic acids is 1. The van der Waals surface area contributed by atoms with Crippen LogP contribution in [0.4, 0.5) is 0 Å². The van der Waals surface area contributed by atoms with Crippen LogP contribution in [0.5, 0.6) is 11.5 Å². The van der Waals surface area contributed by atoms with Gasteiger partial charge in [0.25, 0.3) is 0 Å². The van der Waals surface area contributed by atoms with Gasteiger partial charge in [-0.3, -0.25) is 4.79 Å². The summed E-state index contributed by atoms with van der Waals surface area (Å²) >= 11 is 0. The topological polar surface area (TPSA) is 78.8 Å². The third-order valence-corrected chi connectivity index (χ3v) is 2.94. The SMILES string of the molecule is CCOc1cccc(CNCCCCCC(=O)O)c1O. The summed E-state index contributed by atoms with van der Waals surface area (Å²) < 4.78 is 5.33. The minimum atomic E-state index is -0.740. The number of hydrogen-bond donors (Lipinski definition) is 3. The summed E-state index contributed by atoms with van der Waals surface area (Å²) in [5.41, 5.74) is 0.807. The monoisotopic (exact) mass is 281 g/mol. The molecule has 0 spiro atoms. The quantitative estimate of drug-likeness (QED) is 0.574. The highest BCUT2D eigenvalue weighted by atomic mass is 16.5. The lowest BCUT2D eigenvalue weighted by Gasteiger charge is -2.10. The lowest BCUT2D eigenvalue weighted by molar-refractivity contribution is -0.137. The molecule has 5 heteroatoms.